The molecule has 2 atom stereocenters. The normalized spacial score (nSPS) is 27.1. The lowest BCUT2D eigenvalue weighted by molar-refractivity contribution is -0.00299. The van der Waals surface area contributed by atoms with Gasteiger partial charge in [-0.3, -0.25) is 10.3 Å². The van der Waals surface area contributed by atoms with Gasteiger partial charge < -0.3 is 10.5 Å². The third-order valence-corrected chi connectivity index (χ3v) is 2.54. The second kappa shape index (κ2) is 4.58. The van der Waals surface area contributed by atoms with E-state index in [0.717, 1.165) is 26.3 Å². The second-order valence-electron chi connectivity index (χ2n) is 3.78. The summed E-state index contributed by atoms with van der Waals surface area (Å²) in [5.74, 6) is 0.430. The Labute approximate surface area is 79.6 Å². The lowest BCUT2D eigenvalue weighted by Crippen LogP contribution is -2.47. The number of nitrogens with two attached hydrogens (primary N) is 1. The van der Waals surface area contributed by atoms with Gasteiger partial charge in [0, 0.05) is 25.0 Å². The van der Waals surface area contributed by atoms with E-state index in [0.29, 0.717) is 6.04 Å². The molecule has 2 unspecified atom stereocenters. The zero-order valence-electron chi connectivity index (χ0n) is 8.42. The van der Waals surface area contributed by atoms with Gasteiger partial charge in [0.25, 0.3) is 0 Å². The van der Waals surface area contributed by atoms with Crippen molar-refractivity contribution in [2.45, 2.75) is 19.9 Å². The Bertz CT molecular complexity index is 184. The maximum Gasteiger partial charge on any atom is 0.0947 e. The van der Waals surface area contributed by atoms with E-state index in [1.807, 2.05) is 6.92 Å². The van der Waals surface area contributed by atoms with Crippen LogP contribution in [0.4, 0.5) is 0 Å². The third-order valence-electron chi connectivity index (χ3n) is 2.54. The minimum absolute atomic E-state index is 0.153. The minimum atomic E-state index is 0.153. The van der Waals surface area contributed by atoms with Gasteiger partial charge in [-0.05, 0) is 6.92 Å². The second-order valence-corrected chi connectivity index (χ2v) is 3.78. The molecule has 0 aromatic heterocycles. The molecule has 3 N–H and O–H groups in total. The van der Waals surface area contributed by atoms with Crippen molar-refractivity contribution in [3.8, 4) is 0 Å². The molecule has 0 aromatic rings. The van der Waals surface area contributed by atoms with E-state index in [1.165, 1.54) is 0 Å². The molecular formula is C9H19N3O. The number of amidine groups is 1. The molecule has 0 aliphatic carbocycles. The minimum Gasteiger partial charge on any atom is -0.387 e. The van der Waals surface area contributed by atoms with E-state index in [9.17, 15) is 0 Å². The molecule has 1 heterocycles. The van der Waals surface area contributed by atoms with Crippen LogP contribution in [-0.2, 0) is 4.74 Å². The molecule has 0 saturated carbocycles. The van der Waals surface area contributed by atoms with Gasteiger partial charge in [0.1, 0.15) is 0 Å². The summed E-state index contributed by atoms with van der Waals surface area (Å²) in [5.41, 5.74) is 5.42. The Kier molecular flexibility index (Phi) is 3.69. The van der Waals surface area contributed by atoms with Gasteiger partial charge >= 0.3 is 0 Å². The number of morpholine rings is 1. The summed E-state index contributed by atoms with van der Waals surface area (Å²) in [6.45, 7) is 7.56. The molecule has 0 spiro atoms. The molecule has 4 heteroatoms. The fourth-order valence-electron chi connectivity index (χ4n) is 1.48. The number of hydrogen-bond donors (Lipinski definition) is 2. The molecule has 76 valence electrons. The van der Waals surface area contributed by atoms with Crippen LogP contribution in [0.1, 0.15) is 13.8 Å². The number of nitrogens with zero attached hydrogens (tertiary/aromatic N) is 1. The predicted molar refractivity (Wildman–Crippen MR) is 52.9 cm³/mol. The fraction of sp³-hybridized carbons (Fsp3) is 0.889. The average molecular weight is 185 g/mol. The van der Waals surface area contributed by atoms with Crippen LogP contribution in [0.3, 0.4) is 0 Å². The Morgan fingerprint density at radius 1 is 1.77 bits per heavy atom. The van der Waals surface area contributed by atoms with Crippen molar-refractivity contribution in [3.63, 3.8) is 0 Å². The molecule has 4 nitrogen and oxygen atoms in total. The highest BCUT2D eigenvalue weighted by molar-refractivity contribution is 5.79. The zero-order chi connectivity index (χ0) is 9.84. The highest BCUT2D eigenvalue weighted by Gasteiger charge is 2.21. The molecule has 1 rings (SSSR count). The maximum absolute atomic E-state index is 7.30. The van der Waals surface area contributed by atoms with Crippen LogP contribution in [0.15, 0.2) is 0 Å². The van der Waals surface area contributed by atoms with Gasteiger partial charge in [-0.2, -0.15) is 0 Å². The van der Waals surface area contributed by atoms with E-state index in [1.54, 1.807) is 0 Å². The van der Waals surface area contributed by atoms with Gasteiger partial charge in [-0.15, -0.1) is 0 Å². The predicted octanol–water partition coefficient (Wildman–Crippen LogP) is 0.279. The molecule has 0 bridgehead atoms. The molecule has 1 aliphatic heterocycles. The average Bonchev–Trinajstić information content (AvgIpc) is 2.08. The topological polar surface area (TPSA) is 62.3 Å². The fourth-order valence-corrected chi connectivity index (χ4v) is 1.48. The van der Waals surface area contributed by atoms with Crippen LogP contribution in [0, 0.1) is 11.3 Å². The van der Waals surface area contributed by atoms with Crippen LogP contribution >= 0.6 is 0 Å². The van der Waals surface area contributed by atoms with Crippen molar-refractivity contribution in [1.82, 2.24) is 4.90 Å². The molecule has 1 fully saturated rings. The zero-order valence-corrected chi connectivity index (χ0v) is 8.42. The van der Waals surface area contributed by atoms with Crippen molar-refractivity contribution in [1.29, 1.82) is 5.41 Å². The van der Waals surface area contributed by atoms with Crippen molar-refractivity contribution in [2.24, 2.45) is 11.7 Å². The van der Waals surface area contributed by atoms with Crippen LogP contribution < -0.4 is 5.73 Å². The highest BCUT2D eigenvalue weighted by Crippen LogP contribution is 2.08. The lowest BCUT2D eigenvalue weighted by atomic mass is 10.1. The largest absolute Gasteiger partial charge is 0.387 e. The molecule has 1 saturated heterocycles. The van der Waals surface area contributed by atoms with Crippen molar-refractivity contribution in [2.75, 3.05) is 26.3 Å². The molecule has 1 aliphatic rings. The number of nitrogens with one attached hydrogen (secondary N) is 1. The monoisotopic (exact) mass is 185 g/mol. The van der Waals surface area contributed by atoms with Gasteiger partial charge in [-0.1, -0.05) is 6.92 Å². The van der Waals surface area contributed by atoms with Crippen LogP contribution in [-0.4, -0.2) is 43.1 Å². The van der Waals surface area contributed by atoms with Gasteiger partial charge in [0.05, 0.1) is 19.0 Å². The Hall–Kier alpha value is -0.610. The van der Waals surface area contributed by atoms with Crippen molar-refractivity contribution < 1.29 is 4.74 Å². The number of ether oxygens (including phenoxy) is 1. The van der Waals surface area contributed by atoms with Gasteiger partial charge in [0.15, 0.2) is 0 Å². The molecule has 0 radical (unpaired) electrons. The lowest BCUT2D eigenvalue weighted by Gasteiger charge is -2.34. The first-order chi connectivity index (χ1) is 6.11. The maximum atomic E-state index is 7.30. The standard InChI is InChI=1S/C9H19N3O/c1-7(9(10)11)5-12-3-4-13-6-8(12)2/h7-8H,3-6H2,1-2H3,(H3,10,11). The molecule has 0 aromatic carbocycles. The van der Waals surface area contributed by atoms with Crippen LogP contribution in [0.5, 0.6) is 0 Å². The first kappa shape index (κ1) is 10.5. The van der Waals surface area contributed by atoms with Gasteiger partial charge in [0.2, 0.25) is 0 Å². The first-order valence-corrected chi connectivity index (χ1v) is 4.77. The summed E-state index contributed by atoms with van der Waals surface area (Å²) in [6, 6.07) is 0.454. The summed E-state index contributed by atoms with van der Waals surface area (Å²) in [7, 11) is 0. The highest BCUT2D eigenvalue weighted by atomic mass is 16.5. The van der Waals surface area contributed by atoms with Crippen LogP contribution in [0.25, 0.3) is 0 Å². The van der Waals surface area contributed by atoms with Gasteiger partial charge in [-0.25, -0.2) is 0 Å². The SMILES string of the molecule is CC(CN1CCOCC1C)C(=N)N. The summed E-state index contributed by atoms with van der Waals surface area (Å²) < 4.78 is 5.33. The van der Waals surface area contributed by atoms with E-state index >= 15 is 0 Å². The molecular weight excluding hydrogens is 166 g/mol. The van der Waals surface area contributed by atoms with E-state index in [4.69, 9.17) is 15.9 Å². The number of rotatable bonds is 3. The smallest absolute Gasteiger partial charge is 0.0947 e. The first-order valence-electron chi connectivity index (χ1n) is 4.77. The summed E-state index contributed by atoms with van der Waals surface area (Å²) in [4.78, 5) is 2.33. The van der Waals surface area contributed by atoms with Crippen molar-refractivity contribution >= 4 is 5.84 Å². The molecule has 0 amide bonds. The van der Waals surface area contributed by atoms with E-state index in [-0.39, 0.29) is 11.8 Å². The third kappa shape index (κ3) is 2.97. The summed E-state index contributed by atoms with van der Waals surface area (Å²) in [6.07, 6.45) is 0. The Morgan fingerprint density at radius 2 is 2.46 bits per heavy atom. The molecule has 13 heavy (non-hydrogen) atoms. The van der Waals surface area contributed by atoms with E-state index in [2.05, 4.69) is 11.8 Å². The summed E-state index contributed by atoms with van der Waals surface area (Å²) >= 11 is 0. The summed E-state index contributed by atoms with van der Waals surface area (Å²) in [5, 5.41) is 7.30. The number of hydrogen-bond acceptors (Lipinski definition) is 3. The quantitative estimate of drug-likeness (QED) is 0.490. The Morgan fingerprint density at radius 3 is 3.00 bits per heavy atom. The Balaban J connectivity index is 2.37. The van der Waals surface area contributed by atoms with Crippen molar-refractivity contribution in [3.05, 3.63) is 0 Å². The van der Waals surface area contributed by atoms with Crippen LogP contribution in [0.2, 0.25) is 0 Å². The van der Waals surface area contributed by atoms with E-state index < -0.39 is 0 Å².